The number of nitrogens with one attached hydrogen (secondary N) is 1. The van der Waals surface area contributed by atoms with E-state index in [9.17, 15) is 17.6 Å². The van der Waals surface area contributed by atoms with Crippen LogP contribution in [0, 0.1) is 19.7 Å². The van der Waals surface area contributed by atoms with Gasteiger partial charge in [-0.05, 0) is 68.1 Å². The molecule has 0 aliphatic carbocycles. The zero-order valence-electron chi connectivity index (χ0n) is 17.5. The van der Waals surface area contributed by atoms with Crippen LogP contribution in [0.3, 0.4) is 0 Å². The highest BCUT2D eigenvalue weighted by atomic mass is 32.2. The number of aromatic nitrogens is 1. The van der Waals surface area contributed by atoms with Crippen molar-refractivity contribution in [3.05, 3.63) is 75.3 Å². The molecule has 2 aromatic carbocycles. The smallest absolute Gasteiger partial charge is 0.252 e. The average Bonchev–Trinajstić information content (AvgIpc) is 3.25. The summed E-state index contributed by atoms with van der Waals surface area (Å²) >= 11 is 0. The van der Waals surface area contributed by atoms with E-state index < -0.39 is 15.8 Å². The number of fused-ring (bicyclic) bond motifs is 1. The first kappa shape index (κ1) is 21.7. The second-order valence-electron chi connectivity index (χ2n) is 8.00. The summed E-state index contributed by atoms with van der Waals surface area (Å²) in [6, 6.07) is 10.4. The molecule has 1 N–H and O–H groups in total. The highest BCUT2D eigenvalue weighted by molar-refractivity contribution is 7.89. The standard InChI is InChI=1S/C23H25FN2O4S/c1-15-5-6-16(2)22-21(15)12-17(23(27)25-22)13-26(14-19-4-3-11-30-19)31(28,29)20-9-7-18(24)8-10-20/h5-10,12,19H,3-4,11,13-14H2,1-2H3,(H,25,27)/t19-/m1/s1. The molecule has 4 rings (SSSR count). The van der Waals surface area contributed by atoms with Gasteiger partial charge in [-0.3, -0.25) is 4.79 Å². The van der Waals surface area contributed by atoms with Gasteiger partial charge in [0.1, 0.15) is 5.82 Å². The molecule has 8 heteroatoms. The van der Waals surface area contributed by atoms with Crippen LogP contribution in [0.2, 0.25) is 0 Å². The Balaban J connectivity index is 1.76. The molecule has 0 amide bonds. The van der Waals surface area contributed by atoms with Crippen molar-refractivity contribution in [1.29, 1.82) is 0 Å². The lowest BCUT2D eigenvalue weighted by molar-refractivity contribution is 0.0925. The average molecular weight is 445 g/mol. The normalized spacial score (nSPS) is 17.0. The van der Waals surface area contributed by atoms with Gasteiger partial charge in [0.2, 0.25) is 10.0 Å². The molecule has 1 fully saturated rings. The number of halogens is 1. The zero-order valence-corrected chi connectivity index (χ0v) is 18.3. The number of hydrogen-bond acceptors (Lipinski definition) is 4. The summed E-state index contributed by atoms with van der Waals surface area (Å²) in [5.74, 6) is -0.513. The number of nitrogens with zero attached hydrogens (tertiary/aromatic N) is 1. The van der Waals surface area contributed by atoms with Crippen LogP contribution in [0.4, 0.5) is 4.39 Å². The summed E-state index contributed by atoms with van der Waals surface area (Å²) in [6.07, 6.45) is 1.38. The molecule has 0 saturated carbocycles. The number of hydrogen-bond donors (Lipinski definition) is 1. The lowest BCUT2D eigenvalue weighted by Gasteiger charge is -2.25. The zero-order chi connectivity index (χ0) is 22.2. The van der Waals surface area contributed by atoms with Crippen molar-refractivity contribution >= 4 is 20.9 Å². The Morgan fingerprint density at radius 1 is 1.13 bits per heavy atom. The van der Waals surface area contributed by atoms with Crippen LogP contribution < -0.4 is 5.56 Å². The molecule has 31 heavy (non-hydrogen) atoms. The van der Waals surface area contributed by atoms with Gasteiger partial charge < -0.3 is 9.72 Å². The molecular weight excluding hydrogens is 419 g/mol. The Kier molecular flexibility index (Phi) is 5.96. The van der Waals surface area contributed by atoms with Crippen LogP contribution >= 0.6 is 0 Å². The van der Waals surface area contributed by atoms with Gasteiger partial charge in [0, 0.05) is 30.6 Å². The lowest BCUT2D eigenvalue weighted by Crippen LogP contribution is -2.38. The van der Waals surface area contributed by atoms with Crippen molar-refractivity contribution in [2.75, 3.05) is 13.2 Å². The van der Waals surface area contributed by atoms with Gasteiger partial charge in [-0.1, -0.05) is 12.1 Å². The van der Waals surface area contributed by atoms with Gasteiger partial charge in [-0.2, -0.15) is 4.31 Å². The molecule has 1 atom stereocenters. The van der Waals surface area contributed by atoms with Gasteiger partial charge in [0.15, 0.2) is 0 Å². The molecule has 164 valence electrons. The number of sulfonamides is 1. The first-order valence-corrected chi connectivity index (χ1v) is 11.7. The van der Waals surface area contributed by atoms with Crippen LogP contribution in [0.15, 0.2) is 52.2 Å². The van der Waals surface area contributed by atoms with E-state index in [4.69, 9.17) is 4.74 Å². The number of benzene rings is 2. The van der Waals surface area contributed by atoms with Crippen LogP contribution in [-0.4, -0.2) is 37.0 Å². The number of H-pyrrole nitrogens is 1. The van der Waals surface area contributed by atoms with Crippen LogP contribution in [0.5, 0.6) is 0 Å². The fourth-order valence-corrected chi connectivity index (χ4v) is 5.39. The molecule has 3 aromatic rings. The molecule has 1 aliphatic heterocycles. The highest BCUT2D eigenvalue weighted by Crippen LogP contribution is 2.24. The maximum absolute atomic E-state index is 13.4. The Hall–Kier alpha value is -2.55. The first-order valence-electron chi connectivity index (χ1n) is 10.2. The summed E-state index contributed by atoms with van der Waals surface area (Å²) < 4.78 is 47.0. The molecule has 2 heterocycles. The molecule has 6 nitrogen and oxygen atoms in total. The van der Waals surface area contributed by atoms with Crippen molar-refractivity contribution in [1.82, 2.24) is 9.29 Å². The topological polar surface area (TPSA) is 79.5 Å². The van der Waals surface area contributed by atoms with Gasteiger partial charge >= 0.3 is 0 Å². The van der Waals surface area contributed by atoms with Gasteiger partial charge in [0.25, 0.3) is 5.56 Å². The number of rotatable bonds is 6. The summed E-state index contributed by atoms with van der Waals surface area (Å²) in [4.78, 5) is 15.7. The van der Waals surface area contributed by atoms with E-state index in [1.807, 2.05) is 26.0 Å². The van der Waals surface area contributed by atoms with Crippen molar-refractivity contribution in [2.24, 2.45) is 0 Å². The molecule has 1 aliphatic rings. The fraction of sp³-hybridized carbons (Fsp3) is 0.348. The largest absolute Gasteiger partial charge is 0.377 e. The maximum Gasteiger partial charge on any atom is 0.252 e. The third kappa shape index (κ3) is 4.42. The first-order chi connectivity index (χ1) is 14.8. The monoisotopic (exact) mass is 444 g/mol. The Labute approximate surface area is 180 Å². The van der Waals surface area contributed by atoms with E-state index in [1.165, 1.54) is 16.4 Å². The number of aromatic amines is 1. The fourth-order valence-electron chi connectivity index (χ4n) is 3.94. The van der Waals surface area contributed by atoms with Gasteiger partial charge in [0.05, 0.1) is 16.5 Å². The molecular formula is C23H25FN2O4S. The highest BCUT2D eigenvalue weighted by Gasteiger charge is 2.30. The third-order valence-electron chi connectivity index (χ3n) is 5.75. The minimum atomic E-state index is -3.96. The third-order valence-corrected chi connectivity index (χ3v) is 7.58. The van der Waals surface area contributed by atoms with E-state index in [2.05, 4.69) is 4.98 Å². The number of pyridine rings is 1. The van der Waals surface area contributed by atoms with Crippen molar-refractivity contribution in [2.45, 2.75) is 44.2 Å². The van der Waals surface area contributed by atoms with E-state index >= 15 is 0 Å². The van der Waals surface area contributed by atoms with Crippen LogP contribution in [-0.2, 0) is 21.3 Å². The lowest BCUT2D eigenvalue weighted by atomic mass is 10.0. The second-order valence-corrected chi connectivity index (χ2v) is 9.94. The van der Waals surface area contributed by atoms with Crippen molar-refractivity contribution in [3.63, 3.8) is 0 Å². The van der Waals surface area contributed by atoms with Gasteiger partial charge in [-0.15, -0.1) is 0 Å². The van der Waals surface area contributed by atoms with Crippen molar-refractivity contribution in [3.8, 4) is 0 Å². The summed E-state index contributed by atoms with van der Waals surface area (Å²) in [7, 11) is -3.96. The molecule has 0 radical (unpaired) electrons. The number of ether oxygens (including phenoxy) is 1. The van der Waals surface area contributed by atoms with Crippen molar-refractivity contribution < 1.29 is 17.5 Å². The minimum absolute atomic E-state index is 0.0175. The van der Waals surface area contributed by atoms with E-state index in [1.54, 1.807) is 6.07 Å². The quantitative estimate of drug-likeness (QED) is 0.629. The van der Waals surface area contributed by atoms with Crippen LogP contribution in [0.25, 0.3) is 10.9 Å². The Morgan fingerprint density at radius 3 is 2.52 bits per heavy atom. The van der Waals surface area contributed by atoms with E-state index in [0.717, 1.165) is 47.0 Å². The summed E-state index contributed by atoms with van der Waals surface area (Å²) in [6.45, 7) is 4.48. The molecule has 0 bridgehead atoms. The summed E-state index contributed by atoms with van der Waals surface area (Å²) in [5, 5.41) is 0.880. The molecule has 1 aromatic heterocycles. The Bertz CT molecular complexity index is 1260. The van der Waals surface area contributed by atoms with E-state index in [0.29, 0.717) is 12.2 Å². The maximum atomic E-state index is 13.4. The molecule has 1 saturated heterocycles. The van der Waals surface area contributed by atoms with E-state index in [-0.39, 0.29) is 29.6 Å². The minimum Gasteiger partial charge on any atom is -0.377 e. The summed E-state index contributed by atoms with van der Waals surface area (Å²) in [5.41, 5.74) is 2.71. The second kappa shape index (κ2) is 8.53. The SMILES string of the molecule is Cc1ccc(C)c2[nH]c(=O)c(CN(C[C@H]3CCCO3)S(=O)(=O)c3ccc(F)cc3)cc12. The van der Waals surface area contributed by atoms with Gasteiger partial charge in [-0.25, -0.2) is 12.8 Å². The van der Waals surface area contributed by atoms with Crippen LogP contribution in [0.1, 0.15) is 29.5 Å². The molecule has 0 unspecified atom stereocenters. The predicted molar refractivity (Wildman–Crippen MR) is 117 cm³/mol. The predicted octanol–water partition coefficient (Wildman–Crippen LogP) is 3.65. The Morgan fingerprint density at radius 2 is 1.84 bits per heavy atom. The molecule has 0 spiro atoms. The number of aryl methyl sites for hydroxylation is 2.